The SMILES string of the molecule is CC1CCN(C2=NC3C(C(=O)NC(=O)N3C)N2C(C)C)CC1. The molecule has 0 aromatic rings. The van der Waals surface area contributed by atoms with Gasteiger partial charge in [-0.2, -0.15) is 0 Å². The van der Waals surface area contributed by atoms with Gasteiger partial charge in [-0.3, -0.25) is 10.1 Å². The fraction of sp³-hybridized carbons (Fsp3) is 0.800. The van der Waals surface area contributed by atoms with Gasteiger partial charge in [0.2, 0.25) is 0 Å². The van der Waals surface area contributed by atoms with Crippen molar-refractivity contribution in [3.63, 3.8) is 0 Å². The first-order valence-corrected chi connectivity index (χ1v) is 8.09. The monoisotopic (exact) mass is 307 g/mol. The van der Waals surface area contributed by atoms with Crippen LogP contribution >= 0.6 is 0 Å². The van der Waals surface area contributed by atoms with Gasteiger partial charge in [-0.25, -0.2) is 9.79 Å². The maximum absolute atomic E-state index is 12.3. The molecule has 0 aromatic heterocycles. The van der Waals surface area contributed by atoms with Gasteiger partial charge >= 0.3 is 6.03 Å². The summed E-state index contributed by atoms with van der Waals surface area (Å²) in [6.45, 7) is 8.32. The number of likely N-dealkylation sites (N-methyl/N-ethyl adjacent to an activating group) is 1. The molecule has 7 heteroatoms. The summed E-state index contributed by atoms with van der Waals surface area (Å²) in [5, 5.41) is 2.43. The Balaban J connectivity index is 1.90. The lowest BCUT2D eigenvalue weighted by Gasteiger charge is -2.41. The van der Waals surface area contributed by atoms with E-state index in [1.54, 1.807) is 7.05 Å². The maximum atomic E-state index is 12.3. The van der Waals surface area contributed by atoms with Gasteiger partial charge in [0.25, 0.3) is 5.91 Å². The second kappa shape index (κ2) is 5.44. The Morgan fingerprint density at radius 3 is 2.45 bits per heavy atom. The summed E-state index contributed by atoms with van der Waals surface area (Å²) >= 11 is 0. The van der Waals surface area contributed by atoms with Crippen LogP contribution in [0, 0.1) is 5.92 Å². The van der Waals surface area contributed by atoms with Crippen LogP contribution in [0.1, 0.15) is 33.6 Å². The predicted molar refractivity (Wildman–Crippen MR) is 83.3 cm³/mol. The van der Waals surface area contributed by atoms with Crippen molar-refractivity contribution >= 4 is 17.9 Å². The van der Waals surface area contributed by atoms with Crippen molar-refractivity contribution in [1.82, 2.24) is 20.0 Å². The van der Waals surface area contributed by atoms with Gasteiger partial charge in [0.1, 0.15) is 0 Å². The lowest BCUT2D eigenvalue weighted by Crippen LogP contribution is -2.65. The van der Waals surface area contributed by atoms with Crippen LogP contribution in [-0.2, 0) is 4.79 Å². The number of guanidine groups is 1. The molecular formula is C15H25N5O2. The van der Waals surface area contributed by atoms with Crippen molar-refractivity contribution in [1.29, 1.82) is 0 Å². The van der Waals surface area contributed by atoms with Gasteiger partial charge in [0, 0.05) is 26.2 Å². The van der Waals surface area contributed by atoms with E-state index in [9.17, 15) is 9.59 Å². The fourth-order valence-corrected chi connectivity index (χ4v) is 3.48. The van der Waals surface area contributed by atoms with Crippen molar-refractivity contribution in [3.8, 4) is 0 Å². The molecule has 0 aromatic carbocycles. The molecule has 122 valence electrons. The number of hydrogen-bond acceptors (Lipinski definition) is 5. The second-order valence-corrected chi connectivity index (χ2v) is 6.86. The first-order chi connectivity index (χ1) is 10.4. The highest BCUT2D eigenvalue weighted by molar-refractivity contribution is 6.03. The molecule has 3 aliphatic rings. The zero-order valence-electron chi connectivity index (χ0n) is 13.7. The molecule has 0 saturated carbocycles. The van der Waals surface area contributed by atoms with E-state index in [2.05, 4.69) is 35.9 Å². The van der Waals surface area contributed by atoms with Gasteiger partial charge in [-0.1, -0.05) is 6.92 Å². The van der Waals surface area contributed by atoms with Crippen LogP contribution in [-0.4, -0.2) is 71.0 Å². The molecule has 3 rings (SSSR count). The van der Waals surface area contributed by atoms with Gasteiger partial charge < -0.3 is 14.7 Å². The number of fused-ring (bicyclic) bond motifs is 1. The van der Waals surface area contributed by atoms with Crippen molar-refractivity contribution < 1.29 is 9.59 Å². The first kappa shape index (κ1) is 15.1. The Morgan fingerprint density at radius 2 is 1.86 bits per heavy atom. The smallest absolute Gasteiger partial charge is 0.325 e. The number of rotatable bonds is 1. The molecule has 0 aliphatic carbocycles. The Hall–Kier alpha value is -1.79. The summed E-state index contributed by atoms with van der Waals surface area (Å²) in [5.41, 5.74) is 0. The second-order valence-electron chi connectivity index (χ2n) is 6.86. The lowest BCUT2D eigenvalue weighted by molar-refractivity contribution is -0.127. The minimum Gasteiger partial charge on any atom is -0.343 e. The third-order valence-electron chi connectivity index (χ3n) is 4.90. The number of imide groups is 1. The quantitative estimate of drug-likeness (QED) is 0.773. The summed E-state index contributed by atoms with van der Waals surface area (Å²) in [7, 11) is 1.70. The van der Waals surface area contributed by atoms with Crippen LogP contribution in [0.5, 0.6) is 0 Å². The van der Waals surface area contributed by atoms with Gasteiger partial charge in [0.15, 0.2) is 18.2 Å². The molecule has 0 radical (unpaired) electrons. The van der Waals surface area contributed by atoms with E-state index in [1.165, 1.54) is 4.90 Å². The summed E-state index contributed by atoms with van der Waals surface area (Å²) < 4.78 is 0. The van der Waals surface area contributed by atoms with E-state index >= 15 is 0 Å². The minimum atomic E-state index is -0.419. The molecule has 2 unspecified atom stereocenters. The lowest BCUT2D eigenvalue weighted by atomic mass is 9.99. The van der Waals surface area contributed by atoms with Crippen LogP contribution in [0.15, 0.2) is 4.99 Å². The number of likely N-dealkylation sites (tertiary alicyclic amines) is 1. The molecule has 1 N–H and O–H groups in total. The molecule has 3 amide bonds. The number of hydrogen-bond donors (Lipinski definition) is 1. The molecule has 7 nitrogen and oxygen atoms in total. The van der Waals surface area contributed by atoms with E-state index in [0.717, 1.165) is 37.8 Å². The number of piperidine rings is 1. The van der Waals surface area contributed by atoms with E-state index in [0.29, 0.717) is 0 Å². The number of aliphatic imine (C=N–C) groups is 1. The summed E-state index contributed by atoms with van der Waals surface area (Å²) in [5.74, 6) is 1.36. The molecule has 2 saturated heterocycles. The number of nitrogens with zero attached hydrogens (tertiary/aromatic N) is 4. The maximum Gasteiger partial charge on any atom is 0.325 e. The highest BCUT2D eigenvalue weighted by Crippen LogP contribution is 2.29. The van der Waals surface area contributed by atoms with Crippen LogP contribution in [0.2, 0.25) is 0 Å². The Kier molecular flexibility index (Phi) is 3.74. The highest BCUT2D eigenvalue weighted by atomic mass is 16.2. The van der Waals surface area contributed by atoms with Crippen molar-refractivity contribution in [2.24, 2.45) is 10.9 Å². The zero-order chi connectivity index (χ0) is 16.0. The molecule has 22 heavy (non-hydrogen) atoms. The largest absolute Gasteiger partial charge is 0.343 e. The Labute approximate surface area is 131 Å². The van der Waals surface area contributed by atoms with Crippen LogP contribution in [0.3, 0.4) is 0 Å². The average molecular weight is 307 g/mol. The van der Waals surface area contributed by atoms with Gasteiger partial charge in [-0.15, -0.1) is 0 Å². The van der Waals surface area contributed by atoms with Crippen LogP contribution < -0.4 is 5.32 Å². The fourth-order valence-electron chi connectivity index (χ4n) is 3.48. The summed E-state index contributed by atoms with van der Waals surface area (Å²) in [6, 6.07) is -0.635. The number of urea groups is 1. The molecule has 0 spiro atoms. The third-order valence-corrected chi connectivity index (χ3v) is 4.90. The number of carbonyl (C=O) groups is 2. The van der Waals surface area contributed by atoms with Gasteiger partial charge in [-0.05, 0) is 32.6 Å². The van der Waals surface area contributed by atoms with E-state index < -0.39 is 12.2 Å². The molecule has 2 fully saturated rings. The van der Waals surface area contributed by atoms with Gasteiger partial charge in [0.05, 0.1) is 0 Å². The zero-order valence-corrected chi connectivity index (χ0v) is 13.7. The Morgan fingerprint density at radius 1 is 1.23 bits per heavy atom. The average Bonchev–Trinajstić information content (AvgIpc) is 2.87. The molecule has 3 heterocycles. The third kappa shape index (κ3) is 2.32. The normalized spacial score (nSPS) is 29.9. The summed E-state index contributed by atoms with van der Waals surface area (Å²) in [4.78, 5) is 34.8. The van der Waals surface area contributed by atoms with Crippen LogP contribution in [0.4, 0.5) is 4.79 Å². The minimum absolute atomic E-state index is 0.153. The van der Waals surface area contributed by atoms with E-state index in [4.69, 9.17) is 4.99 Å². The predicted octanol–water partition coefficient (Wildman–Crippen LogP) is 0.675. The molecule has 0 bridgehead atoms. The number of carbonyl (C=O) groups excluding carboxylic acids is 2. The number of nitrogens with one attached hydrogen (secondary N) is 1. The first-order valence-electron chi connectivity index (χ1n) is 8.09. The molecular weight excluding hydrogens is 282 g/mol. The molecule has 2 atom stereocenters. The summed E-state index contributed by atoms with van der Waals surface area (Å²) in [6.07, 6.45) is 1.86. The van der Waals surface area contributed by atoms with Crippen molar-refractivity contribution in [3.05, 3.63) is 0 Å². The molecule has 3 aliphatic heterocycles. The highest BCUT2D eigenvalue weighted by Gasteiger charge is 2.50. The van der Waals surface area contributed by atoms with Crippen LogP contribution in [0.25, 0.3) is 0 Å². The standard InChI is InChI=1S/C15H25N5O2/c1-9(2)20-11-12(18(4)15(22)17-13(11)21)16-14(20)19-7-5-10(3)6-8-19/h9-12H,5-8H2,1-4H3,(H,17,21,22). The Bertz CT molecular complexity index is 510. The number of amides is 3. The van der Waals surface area contributed by atoms with E-state index in [1.807, 2.05) is 0 Å². The van der Waals surface area contributed by atoms with Crippen molar-refractivity contribution in [2.75, 3.05) is 20.1 Å². The van der Waals surface area contributed by atoms with E-state index in [-0.39, 0.29) is 18.0 Å². The topological polar surface area (TPSA) is 68.2 Å². The van der Waals surface area contributed by atoms with Crippen molar-refractivity contribution in [2.45, 2.75) is 51.9 Å².